The summed E-state index contributed by atoms with van der Waals surface area (Å²) in [5, 5.41) is 9.56. The minimum Gasteiger partial charge on any atom is -0.349 e. The number of carbonyl (C=O) groups is 1. The molecule has 0 fully saturated rings. The van der Waals surface area contributed by atoms with Crippen molar-refractivity contribution in [2.24, 2.45) is 0 Å². The van der Waals surface area contributed by atoms with Crippen LogP contribution in [0.5, 0.6) is 0 Å². The number of benzene rings is 2. The van der Waals surface area contributed by atoms with Crippen LogP contribution in [0.25, 0.3) is 22.0 Å². The van der Waals surface area contributed by atoms with Crippen molar-refractivity contribution < 1.29 is 4.79 Å². The second-order valence-corrected chi connectivity index (χ2v) is 7.17. The summed E-state index contributed by atoms with van der Waals surface area (Å²) in [6.07, 6.45) is 3.43. The number of nitrogens with one attached hydrogen (secondary N) is 1. The first-order valence-corrected chi connectivity index (χ1v) is 9.82. The molecule has 0 amide bonds. The lowest BCUT2D eigenvalue weighted by molar-refractivity contribution is 0.101. The zero-order valence-electron chi connectivity index (χ0n) is 17.1. The fourth-order valence-corrected chi connectivity index (χ4v) is 3.51. The molecule has 0 aliphatic carbocycles. The van der Waals surface area contributed by atoms with Crippen LogP contribution in [0.15, 0.2) is 65.7 Å². The number of ketones is 1. The third-order valence-corrected chi connectivity index (χ3v) is 5.06. The van der Waals surface area contributed by atoms with Gasteiger partial charge in [-0.05, 0) is 20.8 Å². The number of carbonyl (C=O) groups excluding carboxylic acids is 1. The zero-order chi connectivity index (χ0) is 21.3. The molecule has 0 aliphatic heterocycles. The fourth-order valence-electron chi connectivity index (χ4n) is 3.51. The van der Waals surface area contributed by atoms with Crippen LogP contribution < -0.4 is 10.9 Å². The van der Waals surface area contributed by atoms with E-state index in [1.165, 1.54) is 11.6 Å². The normalized spacial score (nSPS) is 10.9. The number of fused-ring (bicyclic) bond motifs is 1. The zero-order valence-corrected chi connectivity index (χ0v) is 17.1. The lowest BCUT2D eigenvalue weighted by Gasteiger charge is -2.17. The summed E-state index contributed by atoms with van der Waals surface area (Å²) >= 11 is 0. The average Bonchev–Trinajstić information content (AvgIpc) is 2.75. The summed E-state index contributed by atoms with van der Waals surface area (Å²) in [4.78, 5) is 30.1. The van der Waals surface area contributed by atoms with Crippen LogP contribution in [0.4, 0.5) is 11.4 Å². The van der Waals surface area contributed by atoms with Gasteiger partial charge < -0.3 is 5.32 Å². The quantitative estimate of drug-likeness (QED) is 0.492. The molecule has 2 aromatic carbocycles. The van der Waals surface area contributed by atoms with Gasteiger partial charge in [0.25, 0.3) is 5.56 Å². The van der Waals surface area contributed by atoms with Gasteiger partial charge in [0.05, 0.1) is 17.4 Å². The van der Waals surface area contributed by atoms with E-state index in [0.717, 1.165) is 21.9 Å². The molecule has 6 heteroatoms. The topological polar surface area (TPSA) is 76.9 Å². The molecule has 2 aromatic heterocycles. The number of anilines is 2. The van der Waals surface area contributed by atoms with E-state index in [1.54, 1.807) is 12.4 Å². The van der Waals surface area contributed by atoms with Gasteiger partial charge in [-0.25, -0.2) is 4.68 Å². The number of aryl methyl sites for hydroxylation is 2. The smallest absolute Gasteiger partial charge is 0.291 e. The SMILES string of the molecule is CCn1nc(-c2ccc(C)cc2)c(C(C)=O)c(Nc2cncc3ccccc23)c1=O. The number of nitrogens with zero attached hydrogens (tertiary/aromatic N) is 3. The minimum absolute atomic E-state index is 0.216. The summed E-state index contributed by atoms with van der Waals surface area (Å²) in [5.41, 5.74) is 3.19. The summed E-state index contributed by atoms with van der Waals surface area (Å²) in [6, 6.07) is 15.5. The Labute approximate surface area is 174 Å². The predicted octanol–water partition coefficient (Wildman–Crippen LogP) is 4.73. The average molecular weight is 398 g/mol. The van der Waals surface area contributed by atoms with Crippen molar-refractivity contribution in [1.29, 1.82) is 0 Å². The number of pyridine rings is 1. The third-order valence-electron chi connectivity index (χ3n) is 5.06. The molecule has 4 aromatic rings. The highest BCUT2D eigenvalue weighted by atomic mass is 16.1. The van der Waals surface area contributed by atoms with Crippen LogP contribution in [0.1, 0.15) is 29.8 Å². The Kier molecular flexibility index (Phi) is 5.14. The monoisotopic (exact) mass is 398 g/mol. The molecule has 0 spiro atoms. The standard InChI is InChI=1S/C24H22N4O2/c1-4-28-24(30)23(26-20-14-25-13-18-7-5-6-8-19(18)20)21(16(3)29)22(27-28)17-11-9-15(2)10-12-17/h5-14,26H,4H2,1-3H3. The Balaban J connectivity index is 1.98. The Bertz CT molecular complexity index is 1300. The van der Waals surface area contributed by atoms with E-state index in [2.05, 4.69) is 15.4 Å². The fraction of sp³-hybridized carbons (Fsp3) is 0.167. The van der Waals surface area contributed by atoms with Gasteiger partial charge in [-0.15, -0.1) is 0 Å². The van der Waals surface area contributed by atoms with Crippen LogP contribution in [-0.2, 0) is 6.54 Å². The predicted molar refractivity (Wildman–Crippen MR) is 119 cm³/mol. The molecule has 1 N–H and O–H groups in total. The molecule has 0 atom stereocenters. The van der Waals surface area contributed by atoms with Crippen LogP contribution in [0.2, 0.25) is 0 Å². The van der Waals surface area contributed by atoms with Gasteiger partial charge in [0.15, 0.2) is 5.78 Å². The number of rotatable bonds is 5. The molecule has 2 heterocycles. The summed E-state index contributed by atoms with van der Waals surface area (Å²) in [6.45, 7) is 5.69. The number of hydrogen-bond acceptors (Lipinski definition) is 5. The first kappa shape index (κ1) is 19.5. The molecule has 4 rings (SSSR count). The maximum Gasteiger partial charge on any atom is 0.291 e. The molecular weight excluding hydrogens is 376 g/mol. The Morgan fingerprint density at radius 2 is 1.80 bits per heavy atom. The second-order valence-electron chi connectivity index (χ2n) is 7.17. The lowest BCUT2D eigenvalue weighted by Crippen LogP contribution is -2.28. The highest BCUT2D eigenvalue weighted by Gasteiger charge is 2.22. The van der Waals surface area contributed by atoms with Crippen molar-refractivity contribution in [2.75, 3.05) is 5.32 Å². The summed E-state index contributed by atoms with van der Waals surface area (Å²) < 4.78 is 1.38. The van der Waals surface area contributed by atoms with E-state index in [-0.39, 0.29) is 22.6 Å². The number of Topliss-reactive ketones (excluding diaryl/α,β-unsaturated/α-hetero) is 1. The van der Waals surface area contributed by atoms with Gasteiger partial charge in [-0.1, -0.05) is 54.1 Å². The van der Waals surface area contributed by atoms with Crippen LogP contribution in [0, 0.1) is 6.92 Å². The van der Waals surface area contributed by atoms with Gasteiger partial charge in [0, 0.05) is 29.1 Å². The molecule has 0 bridgehead atoms. The molecule has 0 aliphatic rings. The molecule has 0 unspecified atom stereocenters. The van der Waals surface area contributed by atoms with Gasteiger partial charge in [0.2, 0.25) is 0 Å². The van der Waals surface area contributed by atoms with Crippen LogP contribution in [-0.4, -0.2) is 20.5 Å². The van der Waals surface area contributed by atoms with Crippen molar-refractivity contribution in [3.8, 4) is 11.3 Å². The maximum atomic E-state index is 13.2. The number of hydrogen-bond donors (Lipinski definition) is 1. The van der Waals surface area contributed by atoms with Crippen LogP contribution >= 0.6 is 0 Å². The largest absolute Gasteiger partial charge is 0.349 e. The minimum atomic E-state index is -0.341. The molecule has 30 heavy (non-hydrogen) atoms. The Morgan fingerprint density at radius 1 is 1.07 bits per heavy atom. The molecular formula is C24H22N4O2. The first-order chi connectivity index (χ1) is 14.5. The highest BCUT2D eigenvalue weighted by Crippen LogP contribution is 2.30. The van der Waals surface area contributed by atoms with E-state index in [0.29, 0.717) is 17.9 Å². The van der Waals surface area contributed by atoms with E-state index in [4.69, 9.17) is 0 Å². The highest BCUT2D eigenvalue weighted by molar-refractivity contribution is 6.06. The molecule has 0 saturated heterocycles. The van der Waals surface area contributed by atoms with Gasteiger partial charge in [-0.3, -0.25) is 14.6 Å². The molecule has 150 valence electrons. The lowest BCUT2D eigenvalue weighted by atomic mass is 10.0. The van der Waals surface area contributed by atoms with Crippen molar-refractivity contribution in [1.82, 2.24) is 14.8 Å². The number of aromatic nitrogens is 3. The van der Waals surface area contributed by atoms with E-state index >= 15 is 0 Å². The summed E-state index contributed by atoms with van der Waals surface area (Å²) in [5.74, 6) is -0.228. The van der Waals surface area contributed by atoms with E-state index in [1.807, 2.05) is 62.4 Å². The Hall–Kier alpha value is -3.80. The Morgan fingerprint density at radius 3 is 2.50 bits per heavy atom. The van der Waals surface area contributed by atoms with Gasteiger partial charge >= 0.3 is 0 Å². The molecule has 0 saturated carbocycles. The maximum absolute atomic E-state index is 13.2. The molecule has 0 radical (unpaired) electrons. The second kappa shape index (κ2) is 7.91. The van der Waals surface area contributed by atoms with Gasteiger partial charge in [-0.2, -0.15) is 5.10 Å². The summed E-state index contributed by atoms with van der Waals surface area (Å²) in [7, 11) is 0. The van der Waals surface area contributed by atoms with Gasteiger partial charge in [0.1, 0.15) is 11.4 Å². The third kappa shape index (κ3) is 3.48. The van der Waals surface area contributed by atoms with Crippen molar-refractivity contribution >= 4 is 27.9 Å². The molecule has 6 nitrogen and oxygen atoms in total. The van der Waals surface area contributed by atoms with Crippen LogP contribution in [0.3, 0.4) is 0 Å². The van der Waals surface area contributed by atoms with E-state index in [9.17, 15) is 9.59 Å². The van der Waals surface area contributed by atoms with Crippen molar-refractivity contribution in [3.63, 3.8) is 0 Å². The van der Waals surface area contributed by atoms with Crippen molar-refractivity contribution in [2.45, 2.75) is 27.3 Å². The van der Waals surface area contributed by atoms with E-state index < -0.39 is 0 Å². The first-order valence-electron chi connectivity index (χ1n) is 9.82. The van der Waals surface area contributed by atoms with Crippen molar-refractivity contribution in [3.05, 3.63) is 82.4 Å².